The summed E-state index contributed by atoms with van der Waals surface area (Å²) in [6.07, 6.45) is 0. The number of nitrogens with two attached hydrogens (primary N) is 1. The lowest BCUT2D eigenvalue weighted by Gasteiger charge is -2.19. The smallest absolute Gasteiger partial charge is 0.206 e. The van der Waals surface area contributed by atoms with Crippen molar-refractivity contribution in [2.45, 2.75) is 6.92 Å². The van der Waals surface area contributed by atoms with E-state index in [9.17, 15) is 4.57 Å². The van der Waals surface area contributed by atoms with E-state index in [1.54, 1.807) is 12.1 Å². The Bertz CT molecular complexity index is 1360. The average Bonchev–Trinajstić information content (AvgIpc) is 2.90. The van der Waals surface area contributed by atoms with Gasteiger partial charge in [0.25, 0.3) is 0 Å². The van der Waals surface area contributed by atoms with Gasteiger partial charge in [0, 0.05) is 27.4 Å². The number of rotatable bonds is 5. The van der Waals surface area contributed by atoms with Gasteiger partial charge in [-0.15, -0.1) is 0 Å². The minimum Gasteiger partial charge on any atom is -0.399 e. The summed E-state index contributed by atoms with van der Waals surface area (Å²) >= 11 is 0. The molecule has 4 aromatic carbocycles. The normalized spacial score (nSPS) is 11.3. The minimum atomic E-state index is -3.38. The number of hydrogen-bond acceptors (Lipinski definition) is 5. The fourth-order valence-electron chi connectivity index (χ4n) is 3.75. The molecule has 0 saturated heterocycles. The highest BCUT2D eigenvalue weighted by atomic mass is 31.2. The van der Waals surface area contributed by atoms with Crippen molar-refractivity contribution in [1.29, 1.82) is 0 Å². The third-order valence-electron chi connectivity index (χ3n) is 5.62. The molecular formula is C28H23N4OP. The largest absolute Gasteiger partial charge is 0.399 e. The van der Waals surface area contributed by atoms with Gasteiger partial charge in [-0.25, -0.2) is 15.0 Å². The zero-order valence-corrected chi connectivity index (χ0v) is 19.6. The van der Waals surface area contributed by atoms with Crippen LogP contribution in [0, 0.1) is 6.92 Å². The van der Waals surface area contributed by atoms with E-state index in [1.165, 1.54) is 0 Å². The number of aromatic nitrogens is 3. The van der Waals surface area contributed by atoms with Gasteiger partial charge in [0.1, 0.15) is 0 Å². The number of aryl methyl sites for hydroxylation is 1. The molecule has 5 nitrogen and oxygen atoms in total. The zero-order chi connectivity index (χ0) is 23.5. The van der Waals surface area contributed by atoms with Crippen molar-refractivity contribution in [3.05, 3.63) is 115 Å². The van der Waals surface area contributed by atoms with Crippen LogP contribution in [0.25, 0.3) is 22.8 Å². The lowest BCUT2D eigenvalue weighted by molar-refractivity contribution is 0.591. The summed E-state index contributed by atoms with van der Waals surface area (Å²) in [5.41, 5.74) is 9.54. The summed E-state index contributed by atoms with van der Waals surface area (Å²) in [5.74, 6) is 0.927. The summed E-state index contributed by atoms with van der Waals surface area (Å²) in [4.78, 5) is 14.3. The predicted molar refractivity (Wildman–Crippen MR) is 139 cm³/mol. The fraction of sp³-hybridized carbons (Fsp3) is 0.0357. The molecule has 5 rings (SSSR count). The van der Waals surface area contributed by atoms with Gasteiger partial charge in [-0.3, -0.25) is 0 Å². The van der Waals surface area contributed by atoms with Crippen LogP contribution in [0.5, 0.6) is 0 Å². The van der Waals surface area contributed by atoms with Crippen molar-refractivity contribution in [1.82, 2.24) is 15.0 Å². The summed E-state index contributed by atoms with van der Waals surface area (Å²) in [7, 11) is -3.38. The van der Waals surface area contributed by atoms with Crippen LogP contribution in [0.2, 0.25) is 0 Å². The average molecular weight is 462 g/mol. The molecule has 34 heavy (non-hydrogen) atoms. The van der Waals surface area contributed by atoms with Crippen LogP contribution in [-0.2, 0) is 4.57 Å². The maximum absolute atomic E-state index is 14.9. The molecule has 1 aromatic heterocycles. The third-order valence-corrected chi connectivity index (χ3v) is 8.44. The number of hydrogen-bond donors (Lipinski definition) is 1. The van der Waals surface area contributed by atoms with Gasteiger partial charge in [-0.05, 0) is 31.2 Å². The van der Waals surface area contributed by atoms with Crippen molar-refractivity contribution in [2.75, 3.05) is 5.73 Å². The van der Waals surface area contributed by atoms with E-state index < -0.39 is 7.14 Å². The van der Waals surface area contributed by atoms with Crippen LogP contribution in [-0.4, -0.2) is 15.0 Å². The second-order valence-corrected chi connectivity index (χ2v) is 10.7. The molecule has 0 bridgehead atoms. The minimum absolute atomic E-state index is 0.252. The van der Waals surface area contributed by atoms with Gasteiger partial charge in [0.05, 0.1) is 0 Å². The summed E-state index contributed by atoms with van der Waals surface area (Å²) in [6, 6.07) is 34.1. The summed E-state index contributed by atoms with van der Waals surface area (Å²) < 4.78 is 14.9. The van der Waals surface area contributed by atoms with Crippen molar-refractivity contribution in [3.8, 4) is 22.8 Å². The SMILES string of the molecule is Cc1ccc(-c2nc(-c3ccc(N)cc3)nc(P(=O)(c3ccccc3)c3ccccc3)n2)cc1. The molecule has 0 spiro atoms. The molecule has 0 atom stereocenters. The molecule has 0 aliphatic carbocycles. The highest BCUT2D eigenvalue weighted by Crippen LogP contribution is 2.41. The predicted octanol–water partition coefficient (Wildman–Crippen LogP) is 4.74. The van der Waals surface area contributed by atoms with Gasteiger partial charge in [0.15, 0.2) is 11.6 Å². The summed E-state index contributed by atoms with van der Waals surface area (Å²) in [5, 5.41) is 1.34. The molecular weight excluding hydrogens is 439 g/mol. The molecule has 0 unspecified atom stereocenters. The summed E-state index contributed by atoms with van der Waals surface area (Å²) in [6.45, 7) is 2.03. The Morgan fingerprint density at radius 3 is 1.50 bits per heavy atom. The van der Waals surface area contributed by atoms with Crippen molar-refractivity contribution >= 4 is 29.0 Å². The molecule has 6 heteroatoms. The number of nitrogens with zero attached hydrogens (tertiary/aromatic N) is 3. The number of benzene rings is 4. The standard InChI is InChI=1S/C28H23N4OP/c1-20-12-14-21(15-13-20)26-30-27(22-16-18-23(29)19-17-22)32-28(31-26)34(33,24-8-4-2-5-9-24)25-10-6-3-7-11-25/h2-19H,29H2,1H3. The monoisotopic (exact) mass is 462 g/mol. The van der Waals surface area contributed by atoms with E-state index in [0.717, 1.165) is 16.7 Å². The molecule has 0 saturated carbocycles. The first kappa shape index (κ1) is 21.7. The Morgan fingerprint density at radius 1 is 0.588 bits per heavy atom. The first-order valence-corrected chi connectivity index (χ1v) is 12.7. The van der Waals surface area contributed by atoms with Gasteiger partial charge < -0.3 is 10.3 Å². The van der Waals surface area contributed by atoms with E-state index in [0.29, 0.717) is 27.9 Å². The quantitative estimate of drug-likeness (QED) is 0.302. The van der Waals surface area contributed by atoms with Crippen LogP contribution in [0.3, 0.4) is 0 Å². The van der Waals surface area contributed by atoms with E-state index in [-0.39, 0.29) is 5.57 Å². The van der Waals surface area contributed by atoms with Gasteiger partial charge in [-0.2, -0.15) is 0 Å². The Kier molecular flexibility index (Phi) is 5.79. The molecule has 0 fully saturated rings. The van der Waals surface area contributed by atoms with E-state index >= 15 is 0 Å². The van der Waals surface area contributed by atoms with E-state index in [4.69, 9.17) is 20.7 Å². The highest BCUT2D eigenvalue weighted by Gasteiger charge is 2.34. The molecule has 0 aliphatic heterocycles. The van der Waals surface area contributed by atoms with Crippen LogP contribution in [0.1, 0.15) is 5.56 Å². The van der Waals surface area contributed by atoms with E-state index in [2.05, 4.69) is 0 Å². The Balaban J connectivity index is 1.80. The Hall–Kier alpha value is -4.08. The maximum Gasteiger partial charge on any atom is 0.206 e. The van der Waals surface area contributed by atoms with Gasteiger partial charge in [-0.1, -0.05) is 90.5 Å². The van der Waals surface area contributed by atoms with Crippen LogP contribution >= 0.6 is 7.14 Å². The molecule has 1 heterocycles. The van der Waals surface area contributed by atoms with Crippen molar-refractivity contribution in [2.24, 2.45) is 0 Å². The van der Waals surface area contributed by atoms with Gasteiger partial charge >= 0.3 is 0 Å². The number of nitrogen functional groups attached to an aromatic ring is 1. The maximum atomic E-state index is 14.9. The zero-order valence-electron chi connectivity index (χ0n) is 18.7. The highest BCUT2D eigenvalue weighted by molar-refractivity contribution is 7.84. The first-order valence-electron chi connectivity index (χ1n) is 10.9. The molecule has 0 aliphatic rings. The molecule has 0 amide bonds. The Labute approximate surface area is 198 Å². The van der Waals surface area contributed by atoms with Crippen LogP contribution in [0.15, 0.2) is 109 Å². The van der Waals surface area contributed by atoms with Crippen LogP contribution < -0.4 is 21.9 Å². The van der Waals surface area contributed by atoms with Crippen molar-refractivity contribution in [3.63, 3.8) is 0 Å². The Morgan fingerprint density at radius 2 is 1.03 bits per heavy atom. The van der Waals surface area contributed by atoms with Crippen molar-refractivity contribution < 1.29 is 4.57 Å². The third kappa shape index (κ3) is 4.14. The first-order chi connectivity index (χ1) is 16.5. The van der Waals surface area contributed by atoms with Crippen LogP contribution in [0.4, 0.5) is 5.69 Å². The fourth-order valence-corrected chi connectivity index (χ4v) is 6.17. The lowest BCUT2D eigenvalue weighted by Crippen LogP contribution is -2.30. The topological polar surface area (TPSA) is 81.8 Å². The number of anilines is 1. The lowest BCUT2D eigenvalue weighted by atomic mass is 10.1. The van der Waals surface area contributed by atoms with Gasteiger partial charge in [0.2, 0.25) is 12.7 Å². The molecule has 2 N–H and O–H groups in total. The second-order valence-electron chi connectivity index (χ2n) is 8.05. The second kappa shape index (κ2) is 9.05. The molecule has 166 valence electrons. The molecule has 0 radical (unpaired) electrons. The van der Waals surface area contributed by atoms with E-state index in [1.807, 2.05) is 104 Å². The molecule has 5 aromatic rings.